The first kappa shape index (κ1) is 47.4. The third-order valence-corrected chi connectivity index (χ3v) is 8.04. The molecule has 0 aliphatic rings. The lowest BCUT2D eigenvalue weighted by atomic mass is 9.92. The largest absolute Gasteiger partial charge is 0.460 e. The third kappa shape index (κ3) is 15.4. The molecule has 0 aliphatic carbocycles. The second-order valence-electron chi connectivity index (χ2n) is 13.5. The molecule has 3 rings (SSSR count). The first-order valence-electron chi connectivity index (χ1n) is 17.6. The number of urea groups is 1. The van der Waals surface area contributed by atoms with Crippen LogP contribution in [0.25, 0.3) is 0 Å². The van der Waals surface area contributed by atoms with Crippen LogP contribution in [0.5, 0.6) is 0 Å². The number of aryl methyl sites for hydroxylation is 1. The average Bonchev–Trinajstić information content (AvgIpc) is 3.10. The standard InChI is InChI=1S/C39H54N6O7.2ClH/c1-9-29(20-35(46)51-25-52-39(49)44(8)37-31(11-10-18-41-37)24-50-36(47)21-40-7)30-14-17-34(45(22-26(2)3)23-27(4)5)33(19-30)43-38(48)42-32-15-12-28(6)13-16-32;;/h10-19,26-27,29,40H,9,20-25H2,1-8H3,(H2,42,43,48);2*1H. The number of aromatic nitrogens is 1. The Bertz CT molecular complexity index is 1630. The van der Waals surface area contributed by atoms with Crippen LogP contribution in [0, 0.1) is 18.8 Å². The number of amides is 3. The molecule has 1 aromatic heterocycles. The van der Waals surface area contributed by atoms with Gasteiger partial charge in [-0.15, -0.1) is 24.8 Å². The van der Waals surface area contributed by atoms with E-state index in [4.69, 9.17) is 14.2 Å². The number of hydrogen-bond donors (Lipinski definition) is 3. The molecule has 0 spiro atoms. The zero-order valence-electron chi connectivity index (χ0n) is 32.5. The Morgan fingerprint density at radius 2 is 1.52 bits per heavy atom. The number of ether oxygens (including phenoxy) is 3. The van der Waals surface area contributed by atoms with Gasteiger partial charge in [0.2, 0.25) is 6.79 Å². The first-order chi connectivity index (χ1) is 24.8. The van der Waals surface area contributed by atoms with E-state index in [0.29, 0.717) is 35.2 Å². The quantitative estimate of drug-likeness (QED) is 0.0857. The van der Waals surface area contributed by atoms with E-state index < -0.39 is 24.8 Å². The maximum Gasteiger partial charge on any atom is 0.418 e. The highest BCUT2D eigenvalue weighted by Gasteiger charge is 2.22. The number of benzene rings is 2. The van der Waals surface area contributed by atoms with Gasteiger partial charge in [0.05, 0.1) is 24.3 Å². The topological polar surface area (TPSA) is 151 Å². The van der Waals surface area contributed by atoms with Crippen molar-refractivity contribution in [3.63, 3.8) is 0 Å². The number of carbonyl (C=O) groups excluding carboxylic acids is 4. The Kier molecular flexibility index (Phi) is 21.0. The number of nitrogens with zero attached hydrogens (tertiary/aromatic N) is 3. The van der Waals surface area contributed by atoms with Gasteiger partial charge in [-0.05, 0) is 74.0 Å². The number of hydrogen-bond acceptors (Lipinski definition) is 10. The molecule has 2 aromatic carbocycles. The van der Waals surface area contributed by atoms with E-state index in [2.05, 4.69) is 53.5 Å². The average molecular weight is 792 g/mol. The summed E-state index contributed by atoms with van der Waals surface area (Å²) in [5.41, 5.74) is 4.66. The van der Waals surface area contributed by atoms with Crippen LogP contribution < -0.4 is 25.8 Å². The Labute approximate surface area is 331 Å². The molecule has 298 valence electrons. The summed E-state index contributed by atoms with van der Waals surface area (Å²) in [7, 11) is 3.09. The van der Waals surface area contributed by atoms with Crippen molar-refractivity contribution in [2.45, 2.75) is 66.9 Å². The molecule has 15 heteroatoms. The molecule has 3 amide bonds. The lowest BCUT2D eigenvalue weighted by Gasteiger charge is -2.31. The van der Waals surface area contributed by atoms with Crippen LogP contribution in [0.1, 0.15) is 70.1 Å². The second-order valence-corrected chi connectivity index (χ2v) is 13.5. The van der Waals surface area contributed by atoms with Crippen molar-refractivity contribution in [2.75, 3.05) is 61.0 Å². The molecule has 54 heavy (non-hydrogen) atoms. The van der Waals surface area contributed by atoms with Crippen LogP contribution in [-0.4, -0.2) is 69.6 Å². The lowest BCUT2D eigenvalue weighted by Crippen LogP contribution is -2.32. The van der Waals surface area contributed by atoms with Crippen molar-refractivity contribution in [1.82, 2.24) is 10.3 Å². The van der Waals surface area contributed by atoms with Gasteiger partial charge in [0.25, 0.3) is 0 Å². The fourth-order valence-electron chi connectivity index (χ4n) is 5.54. The Balaban J connectivity index is 0.00000729. The molecule has 0 saturated heterocycles. The summed E-state index contributed by atoms with van der Waals surface area (Å²) < 4.78 is 15.8. The smallest absolute Gasteiger partial charge is 0.418 e. The summed E-state index contributed by atoms with van der Waals surface area (Å²) in [5.74, 6) is -0.216. The molecule has 0 aliphatic heterocycles. The Morgan fingerprint density at radius 3 is 2.13 bits per heavy atom. The van der Waals surface area contributed by atoms with Gasteiger partial charge in [-0.3, -0.25) is 14.5 Å². The number of pyridine rings is 1. The van der Waals surface area contributed by atoms with Crippen molar-refractivity contribution in [3.8, 4) is 0 Å². The molecule has 1 heterocycles. The van der Waals surface area contributed by atoms with Gasteiger partial charge in [0, 0.05) is 37.6 Å². The Morgan fingerprint density at radius 1 is 0.852 bits per heavy atom. The van der Waals surface area contributed by atoms with E-state index >= 15 is 0 Å². The summed E-state index contributed by atoms with van der Waals surface area (Å²) in [6.45, 7) is 13.6. The summed E-state index contributed by atoms with van der Waals surface area (Å²) in [5, 5.41) is 8.70. The maximum absolute atomic E-state index is 13.2. The number of carbonyl (C=O) groups is 4. The molecule has 3 aromatic rings. The summed E-state index contributed by atoms with van der Waals surface area (Å²) >= 11 is 0. The summed E-state index contributed by atoms with van der Waals surface area (Å²) in [6, 6.07) is 16.5. The van der Waals surface area contributed by atoms with E-state index in [9.17, 15) is 19.2 Å². The lowest BCUT2D eigenvalue weighted by molar-refractivity contribution is -0.152. The second kappa shape index (κ2) is 23.9. The van der Waals surface area contributed by atoms with Gasteiger partial charge in [0.1, 0.15) is 12.4 Å². The van der Waals surface area contributed by atoms with Gasteiger partial charge < -0.3 is 35.1 Å². The van der Waals surface area contributed by atoms with Crippen molar-refractivity contribution in [2.24, 2.45) is 11.8 Å². The number of anilines is 4. The number of rotatable bonds is 18. The number of esters is 2. The molecule has 1 unspecified atom stereocenters. The molecule has 0 bridgehead atoms. The minimum atomic E-state index is -0.802. The third-order valence-electron chi connectivity index (χ3n) is 8.04. The monoisotopic (exact) mass is 790 g/mol. The highest BCUT2D eigenvalue weighted by molar-refractivity contribution is 6.02. The van der Waals surface area contributed by atoms with Crippen molar-refractivity contribution in [1.29, 1.82) is 0 Å². The van der Waals surface area contributed by atoms with E-state index in [0.717, 1.165) is 34.8 Å². The molecule has 13 nitrogen and oxygen atoms in total. The van der Waals surface area contributed by atoms with Gasteiger partial charge in [-0.25, -0.2) is 14.6 Å². The van der Waals surface area contributed by atoms with Crippen molar-refractivity contribution >= 4 is 71.8 Å². The number of halogens is 2. The minimum absolute atomic E-state index is 0. The van der Waals surface area contributed by atoms with Crippen LogP contribution in [0.2, 0.25) is 0 Å². The van der Waals surface area contributed by atoms with Gasteiger partial charge in [0.15, 0.2) is 0 Å². The summed E-state index contributed by atoms with van der Waals surface area (Å²) in [6.07, 6.45) is 1.35. The molecule has 0 saturated carbocycles. The van der Waals surface area contributed by atoms with Crippen LogP contribution in [0.3, 0.4) is 0 Å². The Hall–Kier alpha value is -4.59. The SMILES string of the molecule is CCC(CC(=O)OCOC(=O)N(C)c1ncccc1COC(=O)CNC)c1ccc(N(CC(C)C)CC(C)C)c(NC(=O)Nc2ccc(C)cc2)c1.Cl.Cl. The molecular weight excluding hydrogens is 735 g/mol. The van der Waals surface area contributed by atoms with Crippen LogP contribution in [-0.2, 0) is 30.4 Å². The highest BCUT2D eigenvalue weighted by atomic mass is 35.5. The summed E-state index contributed by atoms with van der Waals surface area (Å²) in [4.78, 5) is 58.5. The van der Waals surface area contributed by atoms with Gasteiger partial charge in [-0.1, -0.05) is 64.4 Å². The predicted octanol–water partition coefficient (Wildman–Crippen LogP) is 7.92. The normalized spacial score (nSPS) is 11.1. The zero-order valence-corrected chi connectivity index (χ0v) is 34.1. The van der Waals surface area contributed by atoms with Crippen LogP contribution >= 0.6 is 24.8 Å². The van der Waals surface area contributed by atoms with Gasteiger partial charge in [-0.2, -0.15) is 0 Å². The van der Waals surface area contributed by atoms with Gasteiger partial charge >= 0.3 is 24.1 Å². The number of likely N-dealkylation sites (N-methyl/N-ethyl adjacent to an activating group) is 1. The first-order valence-corrected chi connectivity index (χ1v) is 17.6. The minimum Gasteiger partial charge on any atom is -0.460 e. The van der Waals surface area contributed by atoms with E-state index in [-0.39, 0.29) is 62.2 Å². The van der Waals surface area contributed by atoms with Crippen LogP contribution in [0.4, 0.5) is 32.5 Å². The van der Waals surface area contributed by atoms with E-state index in [1.807, 2.05) is 56.3 Å². The molecule has 1 atom stereocenters. The number of nitrogens with one attached hydrogen (secondary N) is 3. The zero-order chi connectivity index (χ0) is 38.2. The fourth-order valence-corrected chi connectivity index (χ4v) is 5.54. The predicted molar refractivity (Wildman–Crippen MR) is 218 cm³/mol. The molecule has 0 fully saturated rings. The van der Waals surface area contributed by atoms with E-state index in [1.165, 1.54) is 13.2 Å². The fraction of sp³-hybridized carbons (Fsp3) is 0.462. The van der Waals surface area contributed by atoms with E-state index in [1.54, 1.807) is 19.2 Å². The van der Waals surface area contributed by atoms with Crippen LogP contribution in [0.15, 0.2) is 60.8 Å². The molecule has 0 radical (unpaired) electrons. The molecule has 3 N–H and O–H groups in total. The molecular formula is C39H56Cl2N6O7. The van der Waals surface area contributed by atoms with Crippen molar-refractivity contribution in [3.05, 3.63) is 77.5 Å². The highest BCUT2D eigenvalue weighted by Crippen LogP contribution is 2.34. The maximum atomic E-state index is 13.2. The van der Waals surface area contributed by atoms with Crippen molar-refractivity contribution < 1.29 is 33.4 Å².